The van der Waals surface area contributed by atoms with Gasteiger partial charge in [-0.3, -0.25) is 14.6 Å². The van der Waals surface area contributed by atoms with Crippen LogP contribution in [0.4, 0.5) is 0 Å². The van der Waals surface area contributed by atoms with E-state index in [1.807, 2.05) is 65.7 Å². The average Bonchev–Trinajstić information content (AvgIpc) is 2.88. The Hall–Kier alpha value is -3.73. The minimum Gasteiger partial charge on any atom is -0.352 e. The molecule has 1 aromatic heterocycles. The summed E-state index contributed by atoms with van der Waals surface area (Å²) in [6.45, 7) is 5.16. The van der Waals surface area contributed by atoms with Crippen LogP contribution < -0.4 is 5.32 Å². The van der Waals surface area contributed by atoms with Crippen LogP contribution in [0.3, 0.4) is 0 Å². The van der Waals surface area contributed by atoms with Gasteiger partial charge in [-0.1, -0.05) is 54.6 Å². The van der Waals surface area contributed by atoms with Crippen molar-refractivity contribution in [1.82, 2.24) is 15.2 Å². The van der Waals surface area contributed by atoms with E-state index in [0.717, 1.165) is 29.5 Å². The first-order valence-corrected chi connectivity index (χ1v) is 11.3. The number of hydrogen-bond acceptors (Lipinski definition) is 3. The molecule has 4 rings (SSSR count). The number of pyridine rings is 1. The van der Waals surface area contributed by atoms with E-state index in [1.165, 1.54) is 0 Å². The molecule has 1 aliphatic rings. The van der Waals surface area contributed by atoms with E-state index in [-0.39, 0.29) is 11.8 Å². The van der Waals surface area contributed by atoms with Crippen LogP contribution in [0, 0.1) is 5.41 Å². The van der Waals surface area contributed by atoms with E-state index in [2.05, 4.69) is 29.0 Å². The van der Waals surface area contributed by atoms with E-state index >= 15 is 0 Å². The SMILES string of the molecule is C=CCNC(=O)[C@]1(Cc2ccccc2-c2cccnc2)CCCN(C(=O)c2ccccc2)C1. The van der Waals surface area contributed by atoms with Crippen LogP contribution in [-0.2, 0) is 11.2 Å². The summed E-state index contributed by atoms with van der Waals surface area (Å²) in [6.07, 6.45) is 7.31. The van der Waals surface area contributed by atoms with Crippen molar-refractivity contribution in [3.05, 3.63) is 103 Å². The lowest BCUT2D eigenvalue weighted by Crippen LogP contribution is -2.54. The van der Waals surface area contributed by atoms with Gasteiger partial charge >= 0.3 is 0 Å². The summed E-state index contributed by atoms with van der Waals surface area (Å²) in [5, 5.41) is 3.01. The van der Waals surface area contributed by atoms with Gasteiger partial charge in [-0.15, -0.1) is 6.58 Å². The second kappa shape index (κ2) is 10.3. The fourth-order valence-corrected chi connectivity index (χ4v) is 4.67. The Balaban J connectivity index is 1.68. The first kappa shape index (κ1) is 22.5. The standard InChI is InChI=1S/C28H29N3O2/c1-2-16-30-27(33)28(15-9-18-31(21-28)26(32)22-10-4-3-5-11-22)19-23-12-6-7-14-25(23)24-13-8-17-29-20-24/h2-8,10-14,17,20H,1,9,15-16,18-19,21H2,(H,30,33)/t28-/m0/s1. The average molecular weight is 440 g/mol. The third kappa shape index (κ3) is 5.03. The lowest BCUT2D eigenvalue weighted by molar-refractivity contribution is -0.133. The quantitative estimate of drug-likeness (QED) is 0.551. The largest absolute Gasteiger partial charge is 0.352 e. The van der Waals surface area contributed by atoms with E-state index in [0.29, 0.717) is 31.6 Å². The van der Waals surface area contributed by atoms with Crippen molar-refractivity contribution in [2.75, 3.05) is 19.6 Å². The topological polar surface area (TPSA) is 62.3 Å². The number of aromatic nitrogens is 1. The highest BCUT2D eigenvalue weighted by molar-refractivity contribution is 5.95. The van der Waals surface area contributed by atoms with Crippen LogP contribution in [0.2, 0.25) is 0 Å². The zero-order valence-corrected chi connectivity index (χ0v) is 18.7. The molecule has 1 atom stereocenters. The van der Waals surface area contributed by atoms with Gasteiger partial charge in [0.15, 0.2) is 0 Å². The fraction of sp³-hybridized carbons (Fsp3) is 0.250. The number of nitrogens with one attached hydrogen (secondary N) is 1. The normalized spacial score (nSPS) is 17.9. The zero-order valence-electron chi connectivity index (χ0n) is 18.7. The molecular formula is C28H29N3O2. The zero-order chi connectivity index (χ0) is 23.1. The highest BCUT2D eigenvalue weighted by Gasteiger charge is 2.43. The maximum absolute atomic E-state index is 13.5. The lowest BCUT2D eigenvalue weighted by atomic mass is 9.73. The number of carbonyl (C=O) groups excluding carboxylic acids is 2. The monoisotopic (exact) mass is 439 g/mol. The molecule has 0 saturated carbocycles. The summed E-state index contributed by atoms with van der Waals surface area (Å²) in [5.74, 6) is -0.0642. The first-order chi connectivity index (χ1) is 16.1. The number of rotatable bonds is 7. The van der Waals surface area contributed by atoms with E-state index in [4.69, 9.17) is 0 Å². The molecule has 33 heavy (non-hydrogen) atoms. The van der Waals surface area contributed by atoms with Gasteiger partial charge < -0.3 is 10.2 Å². The molecule has 2 heterocycles. The number of carbonyl (C=O) groups is 2. The molecule has 1 N–H and O–H groups in total. The van der Waals surface area contributed by atoms with Crippen LogP contribution >= 0.6 is 0 Å². The molecule has 1 aliphatic heterocycles. The molecule has 1 saturated heterocycles. The Morgan fingerprint density at radius 3 is 2.61 bits per heavy atom. The lowest BCUT2D eigenvalue weighted by Gasteiger charge is -2.42. The summed E-state index contributed by atoms with van der Waals surface area (Å²) >= 11 is 0. The number of benzene rings is 2. The Morgan fingerprint density at radius 1 is 1.06 bits per heavy atom. The fourth-order valence-electron chi connectivity index (χ4n) is 4.67. The second-order valence-corrected chi connectivity index (χ2v) is 8.55. The number of piperidine rings is 1. The van der Waals surface area contributed by atoms with Crippen molar-refractivity contribution in [3.63, 3.8) is 0 Å². The van der Waals surface area contributed by atoms with Crippen LogP contribution in [0.25, 0.3) is 11.1 Å². The minimum atomic E-state index is -0.718. The van der Waals surface area contributed by atoms with Gasteiger partial charge in [-0.2, -0.15) is 0 Å². The van der Waals surface area contributed by atoms with Crippen molar-refractivity contribution < 1.29 is 9.59 Å². The third-order valence-corrected chi connectivity index (χ3v) is 6.29. The third-order valence-electron chi connectivity index (χ3n) is 6.29. The Bertz CT molecular complexity index is 1110. The first-order valence-electron chi connectivity index (χ1n) is 11.3. The molecule has 5 nitrogen and oxygen atoms in total. The van der Waals surface area contributed by atoms with Gasteiger partial charge in [0.25, 0.3) is 5.91 Å². The van der Waals surface area contributed by atoms with Gasteiger partial charge in [0.2, 0.25) is 5.91 Å². The van der Waals surface area contributed by atoms with E-state index in [9.17, 15) is 9.59 Å². The van der Waals surface area contributed by atoms with Crippen LogP contribution in [-0.4, -0.2) is 41.3 Å². The predicted molar refractivity (Wildman–Crippen MR) is 131 cm³/mol. The van der Waals surface area contributed by atoms with Gasteiger partial charge in [-0.05, 0) is 48.6 Å². The summed E-state index contributed by atoms with van der Waals surface area (Å²) in [4.78, 5) is 32.9. The highest BCUT2D eigenvalue weighted by atomic mass is 16.2. The maximum Gasteiger partial charge on any atom is 0.253 e. The molecule has 0 bridgehead atoms. The molecule has 2 amide bonds. The molecule has 0 aliphatic carbocycles. The molecule has 5 heteroatoms. The maximum atomic E-state index is 13.5. The van der Waals surface area contributed by atoms with E-state index < -0.39 is 5.41 Å². The molecule has 3 aromatic rings. The van der Waals surface area contributed by atoms with Crippen molar-refractivity contribution >= 4 is 11.8 Å². The summed E-state index contributed by atoms with van der Waals surface area (Å²) in [5.41, 5.74) is 3.09. The van der Waals surface area contributed by atoms with Crippen molar-refractivity contribution in [3.8, 4) is 11.1 Å². The molecule has 1 fully saturated rings. The number of hydrogen-bond donors (Lipinski definition) is 1. The molecule has 2 aromatic carbocycles. The van der Waals surface area contributed by atoms with Crippen LogP contribution in [0.1, 0.15) is 28.8 Å². The molecular weight excluding hydrogens is 410 g/mol. The summed E-state index contributed by atoms with van der Waals surface area (Å²) in [7, 11) is 0. The van der Waals surface area contributed by atoms with Crippen molar-refractivity contribution in [1.29, 1.82) is 0 Å². The van der Waals surface area contributed by atoms with Crippen molar-refractivity contribution in [2.24, 2.45) is 5.41 Å². The summed E-state index contributed by atoms with van der Waals surface area (Å²) in [6, 6.07) is 21.4. The Morgan fingerprint density at radius 2 is 1.85 bits per heavy atom. The van der Waals surface area contributed by atoms with Gasteiger partial charge in [0, 0.05) is 43.2 Å². The molecule has 0 radical (unpaired) electrons. The predicted octanol–water partition coefficient (Wildman–Crippen LogP) is 4.52. The van der Waals surface area contributed by atoms with Gasteiger partial charge in [0.1, 0.15) is 0 Å². The molecule has 0 spiro atoms. The van der Waals surface area contributed by atoms with E-state index in [1.54, 1.807) is 12.3 Å². The van der Waals surface area contributed by atoms with Crippen molar-refractivity contribution in [2.45, 2.75) is 19.3 Å². The Labute approximate surface area is 195 Å². The summed E-state index contributed by atoms with van der Waals surface area (Å²) < 4.78 is 0. The van der Waals surface area contributed by atoms with Gasteiger partial charge in [0.05, 0.1) is 5.41 Å². The number of nitrogens with zero attached hydrogens (tertiary/aromatic N) is 2. The second-order valence-electron chi connectivity index (χ2n) is 8.55. The highest BCUT2D eigenvalue weighted by Crippen LogP contribution is 2.37. The number of likely N-dealkylation sites (tertiary alicyclic amines) is 1. The van der Waals surface area contributed by atoms with Crippen LogP contribution in [0.15, 0.2) is 91.8 Å². The van der Waals surface area contributed by atoms with Crippen LogP contribution in [0.5, 0.6) is 0 Å². The minimum absolute atomic E-state index is 0.0308. The Kier molecular flexibility index (Phi) is 6.98. The van der Waals surface area contributed by atoms with Gasteiger partial charge in [-0.25, -0.2) is 0 Å². The number of amides is 2. The molecule has 168 valence electrons. The smallest absolute Gasteiger partial charge is 0.253 e. The molecule has 0 unspecified atom stereocenters.